The van der Waals surface area contributed by atoms with Crippen molar-refractivity contribution in [1.82, 2.24) is 20.4 Å². The number of sulfone groups is 1. The van der Waals surface area contributed by atoms with E-state index in [1.165, 1.54) is 17.1 Å². The summed E-state index contributed by atoms with van der Waals surface area (Å²) in [5.41, 5.74) is 3.14. The number of nitrogens with zero attached hydrogens (tertiary/aromatic N) is 3. The summed E-state index contributed by atoms with van der Waals surface area (Å²) in [5, 5.41) is 7.47. The molecule has 0 amide bonds. The Hall–Kier alpha value is -0.990. The molecule has 8 heteroatoms. The van der Waals surface area contributed by atoms with Gasteiger partial charge >= 0.3 is 0 Å². The van der Waals surface area contributed by atoms with Crippen molar-refractivity contribution in [2.75, 3.05) is 6.26 Å². The van der Waals surface area contributed by atoms with Crippen LogP contribution < -0.4 is 11.3 Å². The second kappa shape index (κ2) is 4.11. The zero-order chi connectivity index (χ0) is 12.6. The van der Waals surface area contributed by atoms with Gasteiger partial charge in [-0.25, -0.2) is 13.8 Å². The van der Waals surface area contributed by atoms with Crippen molar-refractivity contribution in [3.05, 3.63) is 11.9 Å². The number of hydrogen-bond donors (Lipinski definition) is 2. The molecule has 1 unspecified atom stereocenters. The Morgan fingerprint density at radius 2 is 2.12 bits per heavy atom. The molecule has 0 saturated heterocycles. The molecule has 0 aromatic carbocycles. The molecule has 0 bridgehead atoms. The molecule has 16 heavy (non-hydrogen) atoms. The first-order valence-corrected chi connectivity index (χ1v) is 6.61. The fraction of sp³-hybridized carbons (Fsp3) is 0.750. The smallest absolute Gasteiger partial charge is 0.154 e. The Morgan fingerprint density at radius 1 is 1.56 bits per heavy atom. The van der Waals surface area contributed by atoms with E-state index in [1.807, 2.05) is 0 Å². The maximum absolute atomic E-state index is 11.7. The van der Waals surface area contributed by atoms with Crippen LogP contribution in [0.15, 0.2) is 6.20 Å². The molecule has 0 aliphatic rings. The summed E-state index contributed by atoms with van der Waals surface area (Å²) in [4.78, 5) is 0. The summed E-state index contributed by atoms with van der Waals surface area (Å²) in [6, 6.07) is -0.567. The van der Waals surface area contributed by atoms with Crippen LogP contribution in [0.25, 0.3) is 0 Å². The molecule has 0 aliphatic heterocycles. The number of rotatable bonds is 4. The highest BCUT2D eigenvalue weighted by atomic mass is 32.2. The topological polar surface area (TPSA) is 103 Å². The van der Waals surface area contributed by atoms with E-state index in [1.54, 1.807) is 20.9 Å². The molecule has 0 saturated carbocycles. The molecule has 92 valence electrons. The molecular formula is C8H17N5O2S. The lowest BCUT2D eigenvalue weighted by Gasteiger charge is -2.31. The molecule has 1 aromatic rings. The van der Waals surface area contributed by atoms with Gasteiger partial charge in [0.2, 0.25) is 0 Å². The Morgan fingerprint density at radius 3 is 2.44 bits per heavy atom. The lowest BCUT2D eigenvalue weighted by atomic mass is 10.0. The van der Waals surface area contributed by atoms with Gasteiger partial charge in [0, 0.05) is 13.3 Å². The summed E-state index contributed by atoms with van der Waals surface area (Å²) >= 11 is 0. The van der Waals surface area contributed by atoms with Gasteiger partial charge in [-0.3, -0.25) is 10.5 Å². The van der Waals surface area contributed by atoms with Crippen LogP contribution in [-0.2, 0) is 16.9 Å². The number of aromatic nitrogens is 3. The minimum Gasteiger partial charge on any atom is -0.271 e. The van der Waals surface area contributed by atoms with Crippen molar-refractivity contribution in [3.8, 4) is 0 Å². The highest BCUT2D eigenvalue weighted by molar-refractivity contribution is 7.92. The molecule has 1 rings (SSSR count). The largest absolute Gasteiger partial charge is 0.271 e. The SMILES string of the molecule is Cn1nncc1C(NN)C(C)(C)S(C)(=O)=O. The monoisotopic (exact) mass is 247 g/mol. The van der Waals surface area contributed by atoms with Crippen LogP contribution in [0.4, 0.5) is 0 Å². The first-order valence-electron chi connectivity index (χ1n) is 4.72. The minimum absolute atomic E-state index is 0.567. The van der Waals surface area contributed by atoms with E-state index in [4.69, 9.17) is 5.84 Å². The van der Waals surface area contributed by atoms with E-state index in [-0.39, 0.29) is 0 Å². The average molecular weight is 247 g/mol. The molecule has 1 aromatic heterocycles. The predicted molar refractivity (Wildman–Crippen MR) is 60.0 cm³/mol. The third-order valence-electron chi connectivity index (χ3n) is 2.86. The van der Waals surface area contributed by atoms with Crippen LogP contribution in [-0.4, -0.2) is 34.4 Å². The minimum atomic E-state index is -3.27. The van der Waals surface area contributed by atoms with Gasteiger partial charge in [0.25, 0.3) is 0 Å². The van der Waals surface area contributed by atoms with Crippen molar-refractivity contribution in [2.45, 2.75) is 24.6 Å². The van der Waals surface area contributed by atoms with Crippen LogP contribution in [0.5, 0.6) is 0 Å². The zero-order valence-electron chi connectivity index (χ0n) is 9.80. The van der Waals surface area contributed by atoms with Crippen molar-refractivity contribution >= 4 is 9.84 Å². The van der Waals surface area contributed by atoms with Crippen LogP contribution in [0, 0.1) is 0 Å². The van der Waals surface area contributed by atoms with E-state index < -0.39 is 20.6 Å². The van der Waals surface area contributed by atoms with E-state index in [2.05, 4.69) is 15.7 Å². The van der Waals surface area contributed by atoms with E-state index in [0.717, 1.165) is 0 Å². The zero-order valence-corrected chi connectivity index (χ0v) is 10.6. The Balaban J connectivity index is 3.24. The standard InChI is InChI=1S/C8H17N5O2S/c1-8(2,16(4,14)15)7(11-9)6-5-10-12-13(6)3/h5,7,11H,9H2,1-4H3. The highest BCUT2D eigenvalue weighted by Gasteiger charge is 2.41. The van der Waals surface area contributed by atoms with Gasteiger partial charge in [0.05, 0.1) is 22.7 Å². The predicted octanol–water partition coefficient (Wildman–Crippen LogP) is -0.857. The van der Waals surface area contributed by atoms with Gasteiger partial charge in [0.1, 0.15) is 0 Å². The van der Waals surface area contributed by atoms with Crippen molar-refractivity contribution in [3.63, 3.8) is 0 Å². The maximum Gasteiger partial charge on any atom is 0.154 e. The maximum atomic E-state index is 11.7. The average Bonchev–Trinajstić information content (AvgIpc) is 2.51. The number of hydrogen-bond acceptors (Lipinski definition) is 6. The number of hydrazine groups is 1. The number of nitrogens with one attached hydrogen (secondary N) is 1. The van der Waals surface area contributed by atoms with Crippen LogP contribution in [0.3, 0.4) is 0 Å². The molecule has 0 fully saturated rings. The summed E-state index contributed by atoms with van der Waals surface area (Å²) in [5.74, 6) is 5.43. The van der Waals surface area contributed by atoms with Gasteiger partial charge in [-0.2, -0.15) is 0 Å². The summed E-state index contributed by atoms with van der Waals surface area (Å²) in [7, 11) is -1.58. The fourth-order valence-corrected chi connectivity index (χ4v) is 2.03. The van der Waals surface area contributed by atoms with E-state index in [9.17, 15) is 8.42 Å². The Labute approximate surface area is 94.9 Å². The third kappa shape index (κ3) is 2.08. The molecule has 0 radical (unpaired) electrons. The van der Waals surface area contributed by atoms with E-state index >= 15 is 0 Å². The summed E-state index contributed by atoms with van der Waals surface area (Å²) in [6.45, 7) is 3.22. The summed E-state index contributed by atoms with van der Waals surface area (Å²) < 4.78 is 23.9. The number of nitrogens with two attached hydrogens (primary N) is 1. The van der Waals surface area contributed by atoms with Crippen molar-refractivity contribution < 1.29 is 8.42 Å². The molecule has 0 spiro atoms. The van der Waals surface area contributed by atoms with Gasteiger partial charge < -0.3 is 0 Å². The van der Waals surface area contributed by atoms with E-state index in [0.29, 0.717) is 5.69 Å². The Kier molecular flexibility index (Phi) is 3.36. The molecule has 3 N–H and O–H groups in total. The molecule has 7 nitrogen and oxygen atoms in total. The fourth-order valence-electron chi connectivity index (χ4n) is 1.42. The second-order valence-electron chi connectivity index (χ2n) is 4.26. The summed E-state index contributed by atoms with van der Waals surface area (Å²) in [6.07, 6.45) is 2.68. The van der Waals surface area contributed by atoms with Gasteiger partial charge in [-0.05, 0) is 13.8 Å². The first kappa shape index (κ1) is 13.1. The molecule has 0 aliphatic carbocycles. The second-order valence-corrected chi connectivity index (χ2v) is 6.85. The molecular weight excluding hydrogens is 230 g/mol. The van der Waals surface area contributed by atoms with Crippen LogP contribution in [0.2, 0.25) is 0 Å². The lowest BCUT2D eigenvalue weighted by molar-refractivity contribution is 0.406. The van der Waals surface area contributed by atoms with Gasteiger partial charge in [-0.1, -0.05) is 5.21 Å². The van der Waals surface area contributed by atoms with Crippen LogP contribution in [0.1, 0.15) is 25.6 Å². The lowest BCUT2D eigenvalue weighted by Crippen LogP contribution is -2.48. The normalized spacial score (nSPS) is 15.1. The van der Waals surface area contributed by atoms with Gasteiger partial charge in [-0.15, -0.1) is 5.10 Å². The Bertz CT molecular complexity index is 465. The third-order valence-corrected chi connectivity index (χ3v) is 5.01. The number of aryl methyl sites for hydroxylation is 1. The van der Waals surface area contributed by atoms with Crippen LogP contribution >= 0.6 is 0 Å². The molecule has 1 atom stereocenters. The first-order chi connectivity index (χ1) is 7.21. The quantitative estimate of drug-likeness (QED) is 0.530. The van der Waals surface area contributed by atoms with Crippen molar-refractivity contribution in [2.24, 2.45) is 12.9 Å². The highest BCUT2D eigenvalue weighted by Crippen LogP contribution is 2.30. The van der Waals surface area contributed by atoms with Gasteiger partial charge in [0.15, 0.2) is 9.84 Å². The molecule has 1 heterocycles. The van der Waals surface area contributed by atoms with Crippen molar-refractivity contribution in [1.29, 1.82) is 0 Å².